The first-order valence-corrected chi connectivity index (χ1v) is 4.40. The molecule has 0 aromatic heterocycles. The summed E-state index contributed by atoms with van der Waals surface area (Å²) in [6.07, 6.45) is -1.33. The fourth-order valence-electron chi connectivity index (χ4n) is 0.701. The number of carbonyl (C=O) groups excluding carboxylic acids is 1. The van der Waals surface area contributed by atoms with E-state index in [1.54, 1.807) is 15.9 Å². The van der Waals surface area contributed by atoms with Crippen LogP contribution >= 0.6 is 15.9 Å². The van der Waals surface area contributed by atoms with E-state index in [2.05, 4.69) is 0 Å². The topological polar surface area (TPSA) is 17.1 Å². The summed E-state index contributed by atoms with van der Waals surface area (Å²) >= 11 is 1.60. The SMILES string of the molecule is CC(=O)CCCC(F)(F)C(F)(F)Br. The van der Waals surface area contributed by atoms with Crippen molar-refractivity contribution in [3.63, 3.8) is 0 Å². The Balaban J connectivity index is 3.97. The summed E-state index contributed by atoms with van der Waals surface area (Å²) in [5, 5.41) is 0. The van der Waals surface area contributed by atoms with Crippen LogP contribution in [0.25, 0.3) is 0 Å². The average Bonchev–Trinajstić information content (AvgIpc) is 1.82. The van der Waals surface area contributed by atoms with Gasteiger partial charge in [0.15, 0.2) is 0 Å². The average molecular weight is 265 g/mol. The summed E-state index contributed by atoms with van der Waals surface area (Å²) in [6, 6.07) is 0. The summed E-state index contributed by atoms with van der Waals surface area (Å²) in [5.41, 5.74) is 0. The van der Waals surface area contributed by atoms with E-state index in [1.165, 1.54) is 6.92 Å². The fourth-order valence-corrected chi connectivity index (χ4v) is 0.899. The molecular weight excluding hydrogens is 256 g/mol. The van der Waals surface area contributed by atoms with Crippen molar-refractivity contribution in [1.29, 1.82) is 0 Å². The lowest BCUT2D eigenvalue weighted by molar-refractivity contribution is -0.152. The minimum Gasteiger partial charge on any atom is -0.300 e. The van der Waals surface area contributed by atoms with Crippen LogP contribution < -0.4 is 0 Å². The molecule has 6 heteroatoms. The second-order valence-corrected chi connectivity index (χ2v) is 3.75. The standard InChI is InChI=1S/C7H9BrF4O/c1-5(13)3-2-4-6(9,10)7(8,11)12/h2-4H2,1H3. The van der Waals surface area contributed by atoms with E-state index in [1.807, 2.05) is 0 Å². The van der Waals surface area contributed by atoms with Gasteiger partial charge in [0.2, 0.25) is 0 Å². The van der Waals surface area contributed by atoms with E-state index < -0.39 is 17.2 Å². The summed E-state index contributed by atoms with van der Waals surface area (Å²) in [5.74, 6) is -4.38. The highest BCUT2D eigenvalue weighted by atomic mass is 79.9. The highest BCUT2D eigenvalue weighted by molar-refractivity contribution is 9.10. The van der Waals surface area contributed by atoms with Crippen molar-refractivity contribution >= 4 is 21.7 Å². The smallest absolute Gasteiger partial charge is 0.300 e. The van der Waals surface area contributed by atoms with Crippen molar-refractivity contribution in [1.82, 2.24) is 0 Å². The van der Waals surface area contributed by atoms with Crippen LogP contribution in [0.15, 0.2) is 0 Å². The van der Waals surface area contributed by atoms with Crippen LogP contribution in [0, 0.1) is 0 Å². The van der Waals surface area contributed by atoms with Crippen molar-refractivity contribution in [2.24, 2.45) is 0 Å². The lowest BCUT2D eigenvalue weighted by atomic mass is 10.1. The Kier molecular flexibility index (Phi) is 4.35. The van der Waals surface area contributed by atoms with Crippen LogP contribution in [-0.2, 0) is 4.79 Å². The van der Waals surface area contributed by atoms with Crippen molar-refractivity contribution in [3.05, 3.63) is 0 Å². The highest BCUT2D eigenvalue weighted by Gasteiger charge is 2.53. The van der Waals surface area contributed by atoms with E-state index in [0.717, 1.165) is 0 Å². The quantitative estimate of drug-likeness (QED) is 0.550. The van der Waals surface area contributed by atoms with Gasteiger partial charge in [-0.3, -0.25) is 0 Å². The first-order chi connectivity index (χ1) is 5.67. The molecular formula is C7H9BrF4O. The molecule has 0 radical (unpaired) electrons. The van der Waals surface area contributed by atoms with E-state index in [0.29, 0.717) is 0 Å². The van der Waals surface area contributed by atoms with Crippen LogP contribution in [0.1, 0.15) is 26.2 Å². The van der Waals surface area contributed by atoms with Crippen LogP contribution in [0.3, 0.4) is 0 Å². The maximum absolute atomic E-state index is 12.5. The number of hydrogen-bond acceptors (Lipinski definition) is 1. The molecule has 78 valence electrons. The van der Waals surface area contributed by atoms with E-state index >= 15 is 0 Å². The molecule has 0 bridgehead atoms. The van der Waals surface area contributed by atoms with Crippen molar-refractivity contribution < 1.29 is 22.4 Å². The molecule has 0 N–H and O–H groups in total. The Morgan fingerprint density at radius 1 is 1.31 bits per heavy atom. The zero-order valence-corrected chi connectivity index (χ0v) is 8.51. The number of hydrogen-bond donors (Lipinski definition) is 0. The van der Waals surface area contributed by atoms with Gasteiger partial charge in [0.1, 0.15) is 5.78 Å². The second kappa shape index (κ2) is 4.39. The molecule has 0 amide bonds. The van der Waals surface area contributed by atoms with Gasteiger partial charge in [0, 0.05) is 12.8 Å². The highest BCUT2D eigenvalue weighted by Crippen LogP contribution is 2.42. The zero-order chi connectivity index (χ0) is 10.7. The number of rotatable bonds is 5. The maximum atomic E-state index is 12.5. The van der Waals surface area contributed by atoms with Crippen molar-refractivity contribution in [3.8, 4) is 0 Å². The molecule has 0 saturated carbocycles. The van der Waals surface area contributed by atoms with Crippen LogP contribution in [0.5, 0.6) is 0 Å². The molecule has 0 fully saturated rings. The van der Waals surface area contributed by atoms with Gasteiger partial charge in [0.25, 0.3) is 0 Å². The zero-order valence-electron chi connectivity index (χ0n) is 6.92. The normalized spacial score (nSPS) is 13.1. The third-order valence-corrected chi connectivity index (χ3v) is 2.01. The number of alkyl halides is 5. The van der Waals surface area contributed by atoms with Gasteiger partial charge in [-0.05, 0) is 29.3 Å². The molecule has 1 nitrogen and oxygen atoms in total. The number of halogens is 5. The third-order valence-electron chi connectivity index (χ3n) is 1.43. The predicted molar refractivity (Wildman–Crippen MR) is 43.4 cm³/mol. The first kappa shape index (κ1) is 12.9. The van der Waals surface area contributed by atoms with Gasteiger partial charge in [-0.15, -0.1) is 0 Å². The molecule has 0 rings (SSSR count). The molecule has 13 heavy (non-hydrogen) atoms. The van der Waals surface area contributed by atoms with Crippen LogP contribution in [0.4, 0.5) is 17.6 Å². The van der Waals surface area contributed by atoms with Gasteiger partial charge in [0.05, 0.1) is 0 Å². The van der Waals surface area contributed by atoms with Gasteiger partial charge in [-0.25, -0.2) is 0 Å². The lowest BCUT2D eigenvalue weighted by Gasteiger charge is -2.20. The monoisotopic (exact) mass is 264 g/mol. The lowest BCUT2D eigenvalue weighted by Crippen LogP contribution is -2.34. The molecule has 0 atom stereocenters. The van der Waals surface area contributed by atoms with Crippen LogP contribution in [-0.4, -0.2) is 16.5 Å². The Morgan fingerprint density at radius 3 is 2.08 bits per heavy atom. The number of carbonyl (C=O) groups is 1. The first-order valence-electron chi connectivity index (χ1n) is 3.61. The van der Waals surface area contributed by atoms with Crippen molar-refractivity contribution in [2.45, 2.75) is 36.9 Å². The molecule has 0 unspecified atom stereocenters. The molecule has 0 aliphatic heterocycles. The number of Topliss-reactive ketones (excluding diaryl/α,β-unsaturated/α-hetero) is 1. The Bertz CT molecular complexity index is 187. The predicted octanol–water partition coefficient (Wildman–Crippen LogP) is 3.37. The van der Waals surface area contributed by atoms with Gasteiger partial charge < -0.3 is 4.79 Å². The van der Waals surface area contributed by atoms with Gasteiger partial charge in [-0.2, -0.15) is 17.6 Å². The maximum Gasteiger partial charge on any atom is 0.363 e. The minimum atomic E-state index is -4.20. The Hall–Kier alpha value is -0.130. The largest absolute Gasteiger partial charge is 0.363 e. The molecule has 0 spiro atoms. The van der Waals surface area contributed by atoms with Crippen LogP contribution in [0.2, 0.25) is 0 Å². The summed E-state index contributed by atoms with van der Waals surface area (Å²) < 4.78 is 49.2. The molecule has 0 aromatic carbocycles. The molecule has 0 aliphatic rings. The number of ketones is 1. The third kappa shape index (κ3) is 4.59. The molecule has 0 saturated heterocycles. The van der Waals surface area contributed by atoms with Gasteiger partial charge in [-0.1, -0.05) is 0 Å². The minimum absolute atomic E-state index is 0.0985. The van der Waals surface area contributed by atoms with E-state index in [-0.39, 0.29) is 18.6 Å². The van der Waals surface area contributed by atoms with Gasteiger partial charge >= 0.3 is 10.8 Å². The molecule has 0 heterocycles. The fraction of sp³-hybridized carbons (Fsp3) is 0.857. The van der Waals surface area contributed by atoms with Crippen molar-refractivity contribution in [2.75, 3.05) is 0 Å². The molecule has 0 aliphatic carbocycles. The summed E-state index contributed by atoms with van der Waals surface area (Å²) in [6.45, 7) is 1.23. The summed E-state index contributed by atoms with van der Waals surface area (Å²) in [4.78, 5) is 6.14. The van der Waals surface area contributed by atoms with E-state index in [9.17, 15) is 22.4 Å². The second-order valence-electron chi connectivity index (χ2n) is 2.76. The molecule has 0 aromatic rings. The summed E-state index contributed by atoms with van der Waals surface area (Å²) in [7, 11) is 0. The van der Waals surface area contributed by atoms with E-state index in [4.69, 9.17) is 0 Å². The Labute approximate surface area is 81.6 Å². The Morgan fingerprint density at radius 2 is 1.77 bits per heavy atom.